The van der Waals surface area contributed by atoms with Crippen LogP contribution in [0, 0.1) is 5.82 Å². The summed E-state index contributed by atoms with van der Waals surface area (Å²) in [6.07, 6.45) is 3.27. The molecule has 1 aliphatic rings. The van der Waals surface area contributed by atoms with E-state index in [9.17, 15) is 17.6 Å². The molecule has 3 aromatic rings. The maximum atomic E-state index is 13.3. The van der Waals surface area contributed by atoms with E-state index in [2.05, 4.69) is 10.1 Å². The van der Waals surface area contributed by atoms with E-state index in [0.29, 0.717) is 23.0 Å². The first-order valence-electron chi connectivity index (χ1n) is 7.80. The molecule has 1 aromatic carbocycles. The summed E-state index contributed by atoms with van der Waals surface area (Å²) in [5, 5.41) is 4.50. The van der Waals surface area contributed by atoms with Gasteiger partial charge in [-0.25, -0.2) is 22.5 Å². The third kappa shape index (κ3) is 2.95. The van der Waals surface area contributed by atoms with Gasteiger partial charge in [-0.2, -0.15) is 5.10 Å². The molecular weight excluding hydrogens is 347 g/mol. The van der Waals surface area contributed by atoms with Crippen LogP contribution in [0.25, 0.3) is 11.0 Å². The second-order valence-electron chi connectivity index (χ2n) is 6.19. The fourth-order valence-corrected chi connectivity index (χ4v) is 4.84. The summed E-state index contributed by atoms with van der Waals surface area (Å²) in [7, 11) is -3.06. The summed E-state index contributed by atoms with van der Waals surface area (Å²) in [5.74, 6) is -0.233. The SMILES string of the molecule is O=c1c2cnn(C3CCS(=O)(=O)C3)c2ncn1Cc1cccc(F)c1. The first-order valence-corrected chi connectivity index (χ1v) is 9.63. The summed E-state index contributed by atoms with van der Waals surface area (Å²) < 4.78 is 39.5. The van der Waals surface area contributed by atoms with E-state index in [1.807, 2.05) is 0 Å². The van der Waals surface area contributed by atoms with E-state index >= 15 is 0 Å². The van der Waals surface area contributed by atoms with Gasteiger partial charge in [0.2, 0.25) is 0 Å². The lowest BCUT2D eigenvalue weighted by atomic mass is 10.2. The van der Waals surface area contributed by atoms with E-state index < -0.39 is 9.84 Å². The van der Waals surface area contributed by atoms with Crippen molar-refractivity contribution in [3.63, 3.8) is 0 Å². The van der Waals surface area contributed by atoms with Gasteiger partial charge in [0, 0.05) is 0 Å². The van der Waals surface area contributed by atoms with Crippen molar-refractivity contribution >= 4 is 20.9 Å². The molecule has 9 heteroatoms. The quantitative estimate of drug-likeness (QED) is 0.697. The number of sulfone groups is 1. The average molecular weight is 362 g/mol. The summed E-state index contributed by atoms with van der Waals surface area (Å²) in [5.41, 5.74) is 0.737. The standard InChI is InChI=1S/C16H15FN4O3S/c17-12-3-1-2-11(6-12)8-20-10-18-15-14(16(20)22)7-19-21(15)13-4-5-25(23,24)9-13/h1-3,6-7,10,13H,4-5,8-9H2. The average Bonchev–Trinajstić information content (AvgIpc) is 3.13. The number of aromatic nitrogens is 4. The largest absolute Gasteiger partial charge is 0.294 e. The van der Waals surface area contributed by atoms with Gasteiger partial charge in [-0.1, -0.05) is 12.1 Å². The van der Waals surface area contributed by atoms with E-state index in [4.69, 9.17) is 0 Å². The highest BCUT2D eigenvalue weighted by molar-refractivity contribution is 7.91. The third-order valence-electron chi connectivity index (χ3n) is 4.38. The van der Waals surface area contributed by atoms with E-state index in [1.165, 1.54) is 33.9 Å². The molecule has 1 aliphatic heterocycles. The van der Waals surface area contributed by atoms with Crippen molar-refractivity contribution in [1.29, 1.82) is 0 Å². The summed E-state index contributed by atoms with van der Waals surface area (Å²) in [6.45, 7) is 0.197. The molecule has 25 heavy (non-hydrogen) atoms. The fourth-order valence-electron chi connectivity index (χ4n) is 3.15. The lowest BCUT2D eigenvalue weighted by Crippen LogP contribution is -2.22. The fraction of sp³-hybridized carbons (Fsp3) is 0.312. The van der Waals surface area contributed by atoms with Gasteiger partial charge in [-0.3, -0.25) is 9.36 Å². The molecule has 0 spiro atoms. The number of rotatable bonds is 3. The van der Waals surface area contributed by atoms with Crippen molar-refractivity contribution in [2.24, 2.45) is 0 Å². The normalized spacial score (nSPS) is 19.5. The Labute approximate surface area is 142 Å². The highest BCUT2D eigenvalue weighted by atomic mass is 32.2. The Kier molecular flexibility index (Phi) is 3.68. The number of nitrogens with zero attached hydrogens (tertiary/aromatic N) is 4. The van der Waals surface area contributed by atoms with E-state index in [-0.39, 0.29) is 35.5 Å². The van der Waals surface area contributed by atoms with Crippen LogP contribution in [0.15, 0.2) is 41.6 Å². The maximum absolute atomic E-state index is 13.3. The molecule has 0 amide bonds. The van der Waals surface area contributed by atoms with Gasteiger partial charge in [-0.05, 0) is 24.1 Å². The minimum absolute atomic E-state index is 0.0117. The van der Waals surface area contributed by atoms with Crippen molar-refractivity contribution in [2.75, 3.05) is 11.5 Å². The van der Waals surface area contributed by atoms with Crippen LogP contribution < -0.4 is 5.56 Å². The number of halogens is 1. The minimum Gasteiger partial charge on any atom is -0.294 e. The van der Waals surface area contributed by atoms with Crippen molar-refractivity contribution in [3.05, 3.63) is 58.5 Å². The first-order chi connectivity index (χ1) is 11.9. The van der Waals surface area contributed by atoms with Gasteiger partial charge in [0.05, 0.1) is 30.3 Å². The van der Waals surface area contributed by atoms with E-state index in [1.54, 1.807) is 12.1 Å². The highest BCUT2D eigenvalue weighted by Crippen LogP contribution is 2.25. The smallest absolute Gasteiger partial charge is 0.264 e. The lowest BCUT2D eigenvalue weighted by molar-refractivity contribution is 0.511. The Morgan fingerprint density at radius 1 is 1.32 bits per heavy atom. The third-order valence-corrected chi connectivity index (χ3v) is 6.13. The van der Waals surface area contributed by atoms with Crippen LogP contribution in [-0.4, -0.2) is 39.3 Å². The molecule has 3 heterocycles. The van der Waals surface area contributed by atoms with Crippen molar-refractivity contribution in [3.8, 4) is 0 Å². The lowest BCUT2D eigenvalue weighted by Gasteiger charge is -2.10. The molecule has 0 saturated carbocycles. The Morgan fingerprint density at radius 3 is 2.88 bits per heavy atom. The van der Waals surface area contributed by atoms with Crippen LogP contribution in [0.4, 0.5) is 4.39 Å². The predicted molar refractivity (Wildman–Crippen MR) is 89.6 cm³/mol. The molecular formula is C16H15FN4O3S. The molecule has 130 valence electrons. The molecule has 1 saturated heterocycles. The number of hydrogen-bond donors (Lipinski definition) is 0. The van der Waals surface area contributed by atoms with Crippen LogP contribution in [0.5, 0.6) is 0 Å². The zero-order valence-corrected chi connectivity index (χ0v) is 14.0. The van der Waals surface area contributed by atoms with Crippen LogP contribution in [-0.2, 0) is 16.4 Å². The number of benzene rings is 1. The number of hydrogen-bond acceptors (Lipinski definition) is 5. The molecule has 0 aliphatic carbocycles. The topological polar surface area (TPSA) is 86.8 Å². The van der Waals surface area contributed by atoms with Crippen molar-refractivity contribution in [2.45, 2.75) is 19.0 Å². The van der Waals surface area contributed by atoms with Crippen molar-refractivity contribution in [1.82, 2.24) is 19.3 Å². The molecule has 1 unspecified atom stereocenters. The summed E-state index contributed by atoms with van der Waals surface area (Å²) in [4.78, 5) is 16.9. The molecule has 1 atom stereocenters. The molecule has 0 bridgehead atoms. The Hall–Kier alpha value is -2.55. The van der Waals surface area contributed by atoms with Gasteiger partial charge >= 0.3 is 0 Å². The molecule has 4 rings (SSSR count). The van der Waals surface area contributed by atoms with Crippen molar-refractivity contribution < 1.29 is 12.8 Å². The zero-order chi connectivity index (χ0) is 17.6. The second-order valence-corrected chi connectivity index (χ2v) is 8.42. The van der Waals surface area contributed by atoms with Gasteiger partial charge < -0.3 is 0 Å². The number of fused-ring (bicyclic) bond motifs is 1. The second kappa shape index (κ2) is 5.76. The molecule has 1 fully saturated rings. The van der Waals surface area contributed by atoms with Crippen LogP contribution in [0.1, 0.15) is 18.0 Å². The van der Waals surface area contributed by atoms with Crippen LogP contribution in [0.2, 0.25) is 0 Å². The van der Waals surface area contributed by atoms with Gasteiger partial charge in [-0.15, -0.1) is 0 Å². The monoisotopic (exact) mass is 362 g/mol. The molecule has 7 nitrogen and oxygen atoms in total. The van der Waals surface area contributed by atoms with Gasteiger partial charge in [0.25, 0.3) is 5.56 Å². The van der Waals surface area contributed by atoms with Crippen LogP contribution >= 0.6 is 0 Å². The highest BCUT2D eigenvalue weighted by Gasteiger charge is 2.31. The Balaban J connectivity index is 1.71. The maximum Gasteiger partial charge on any atom is 0.264 e. The summed E-state index contributed by atoms with van der Waals surface area (Å²) >= 11 is 0. The van der Waals surface area contributed by atoms with Gasteiger partial charge in [0.1, 0.15) is 17.5 Å². The molecule has 0 N–H and O–H groups in total. The predicted octanol–water partition coefficient (Wildman–Crippen LogP) is 1.14. The van der Waals surface area contributed by atoms with Gasteiger partial charge in [0.15, 0.2) is 15.5 Å². The zero-order valence-electron chi connectivity index (χ0n) is 13.2. The minimum atomic E-state index is -3.06. The molecule has 0 radical (unpaired) electrons. The Morgan fingerprint density at radius 2 is 2.16 bits per heavy atom. The summed E-state index contributed by atoms with van der Waals surface area (Å²) in [6, 6.07) is 5.72. The first kappa shape index (κ1) is 15.9. The van der Waals surface area contributed by atoms with Crippen LogP contribution in [0.3, 0.4) is 0 Å². The Bertz CT molecular complexity index is 1120. The van der Waals surface area contributed by atoms with E-state index in [0.717, 1.165) is 0 Å². The molecule has 2 aromatic heterocycles.